The zero-order chi connectivity index (χ0) is 29.5. The highest BCUT2D eigenvalue weighted by Gasteiger charge is 2.26. The monoisotopic (exact) mass is 557 g/mol. The molecule has 4 rings (SSSR count). The summed E-state index contributed by atoms with van der Waals surface area (Å²) in [7, 11) is 1.48. The van der Waals surface area contributed by atoms with E-state index in [1.165, 1.54) is 13.2 Å². The summed E-state index contributed by atoms with van der Waals surface area (Å²) in [6, 6.07) is 12.6. The van der Waals surface area contributed by atoms with Gasteiger partial charge in [-0.25, -0.2) is 9.78 Å². The van der Waals surface area contributed by atoms with Gasteiger partial charge < -0.3 is 31.0 Å². The van der Waals surface area contributed by atoms with Gasteiger partial charge in [0.1, 0.15) is 11.4 Å². The summed E-state index contributed by atoms with van der Waals surface area (Å²) in [5.41, 5.74) is 7.83. The lowest BCUT2D eigenvalue weighted by atomic mass is 9.94. The number of carbonyl (C=O) groups excluding carboxylic acids is 3. The van der Waals surface area contributed by atoms with Crippen LogP contribution in [0.5, 0.6) is 5.75 Å². The van der Waals surface area contributed by atoms with Crippen LogP contribution in [0.15, 0.2) is 60.3 Å². The number of amides is 2. The summed E-state index contributed by atoms with van der Waals surface area (Å²) in [6.45, 7) is 6.10. The Morgan fingerprint density at radius 3 is 2.46 bits per heavy atom. The number of methoxy groups -OCH3 is 1. The SMILES string of the molecule is C=Cc1cc(C(=O)Nc2ccc(/C(N)=N/O)cc2)c(-c2ccc(C(=O)NCC3CC3)nc2C(=O)OCC)cc1OC. The van der Waals surface area contributed by atoms with Gasteiger partial charge in [0.05, 0.1) is 13.7 Å². The number of ether oxygens (including phenoxy) is 2. The van der Waals surface area contributed by atoms with Gasteiger partial charge in [-0.3, -0.25) is 9.59 Å². The van der Waals surface area contributed by atoms with Crippen LogP contribution in [0.3, 0.4) is 0 Å². The van der Waals surface area contributed by atoms with Crippen LogP contribution in [0, 0.1) is 5.92 Å². The highest BCUT2D eigenvalue weighted by Crippen LogP contribution is 2.34. The number of hydrogen-bond donors (Lipinski definition) is 4. The van der Waals surface area contributed by atoms with Gasteiger partial charge in [0.2, 0.25) is 0 Å². The minimum atomic E-state index is -0.740. The van der Waals surface area contributed by atoms with Gasteiger partial charge in [-0.1, -0.05) is 17.8 Å². The van der Waals surface area contributed by atoms with Gasteiger partial charge in [-0.05, 0) is 74.2 Å². The molecule has 0 unspecified atom stereocenters. The summed E-state index contributed by atoms with van der Waals surface area (Å²) in [4.78, 5) is 43.8. The van der Waals surface area contributed by atoms with Crippen LogP contribution in [-0.4, -0.2) is 54.1 Å². The van der Waals surface area contributed by atoms with E-state index in [-0.39, 0.29) is 35.0 Å². The number of rotatable bonds is 11. The first-order valence-corrected chi connectivity index (χ1v) is 13.0. The van der Waals surface area contributed by atoms with Gasteiger partial charge in [0, 0.05) is 40.0 Å². The first-order chi connectivity index (χ1) is 19.8. The molecule has 11 nitrogen and oxygen atoms in total. The van der Waals surface area contributed by atoms with Crippen molar-refractivity contribution in [2.24, 2.45) is 16.8 Å². The topological polar surface area (TPSA) is 165 Å². The van der Waals surface area contributed by atoms with Gasteiger partial charge in [-0.15, -0.1) is 0 Å². The number of aromatic nitrogens is 1. The molecule has 11 heteroatoms. The van der Waals surface area contributed by atoms with Crippen LogP contribution in [0.2, 0.25) is 0 Å². The van der Waals surface area contributed by atoms with Crippen molar-refractivity contribution >= 4 is 35.4 Å². The Hall–Kier alpha value is -5.19. The third-order valence-electron chi connectivity index (χ3n) is 6.52. The van der Waals surface area contributed by atoms with Crippen LogP contribution in [0.4, 0.5) is 5.69 Å². The highest BCUT2D eigenvalue weighted by molar-refractivity contribution is 6.11. The van der Waals surface area contributed by atoms with E-state index >= 15 is 0 Å². The molecular formula is C30H31N5O6. The van der Waals surface area contributed by atoms with Crippen LogP contribution >= 0.6 is 0 Å². The molecule has 1 aliphatic rings. The zero-order valence-corrected chi connectivity index (χ0v) is 22.8. The van der Waals surface area contributed by atoms with Crippen molar-refractivity contribution in [3.63, 3.8) is 0 Å². The van der Waals surface area contributed by atoms with E-state index in [9.17, 15) is 14.4 Å². The van der Waals surface area contributed by atoms with Crippen LogP contribution in [0.1, 0.15) is 62.2 Å². The lowest BCUT2D eigenvalue weighted by Crippen LogP contribution is -2.27. The summed E-state index contributed by atoms with van der Waals surface area (Å²) < 4.78 is 10.8. The fourth-order valence-electron chi connectivity index (χ4n) is 4.13. The largest absolute Gasteiger partial charge is 0.496 e. The van der Waals surface area contributed by atoms with Crippen molar-refractivity contribution in [2.75, 3.05) is 25.6 Å². The summed E-state index contributed by atoms with van der Waals surface area (Å²) in [5, 5.41) is 17.5. The number of carbonyl (C=O) groups is 3. The molecule has 1 aliphatic carbocycles. The molecule has 0 atom stereocenters. The van der Waals surface area contributed by atoms with Crippen molar-refractivity contribution in [1.29, 1.82) is 0 Å². The molecule has 1 heterocycles. The van der Waals surface area contributed by atoms with Crippen LogP contribution < -0.4 is 21.1 Å². The number of nitrogens with zero attached hydrogens (tertiary/aromatic N) is 2. The quantitative estimate of drug-likeness (QED) is 0.0901. The van der Waals surface area contributed by atoms with E-state index in [0.717, 1.165) is 12.8 Å². The summed E-state index contributed by atoms with van der Waals surface area (Å²) >= 11 is 0. The molecule has 2 aromatic carbocycles. The number of amidine groups is 1. The normalized spacial score (nSPS) is 12.8. The van der Waals surface area contributed by atoms with Gasteiger partial charge in [0.25, 0.3) is 11.8 Å². The molecule has 1 fully saturated rings. The fraction of sp³-hybridized carbons (Fsp3) is 0.233. The molecule has 5 N–H and O–H groups in total. The molecule has 3 aromatic rings. The minimum absolute atomic E-state index is 0.0592. The van der Waals surface area contributed by atoms with Crippen molar-refractivity contribution in [3.8, 4) is 16.9 Å². The van der Waals surface area contributed by atoms with E-state index in [1.807, 2.05) is 0 Å². The lowest BCUT2D eigenvalue weighted by Gasteiger charge is -2.17. The molecule has 1 aromatic heterocycles. The maximum Gasteiger partial charge on any atom is 0.357 e. The third-order valence-corrected chi connectivity index (χ3v) is 6.52. The molecule has 0 bridgehead atoms. The van der Waals surface area contributed by atoms with Crippen molar-refractivity contribution in [3.05, 3.63) is 83.2 Å². The molecule has 2 amide bonds. The number of oxime groups is 1. The number of anilines is 1. The first kappa shape index (κ1) is 28.8. The number of hydrogen-bond acceptors (Lipinski definition) is 8. The van der Waals surface area contributed by atoms with E-state index in [2.05, 4.69) is 27.4 Å². The molecule has 0 spiro atoms. The van der Waals surface area contributed by atoms with Crippen molar-refractivity contribution in [2.45, 2.75) is 19.8 Å². The Labute approximate surface area is 237 Å². The smallest absolute Gasteiger partial charge is 0.357 e. The van der Waals surface area contributed by atoms with Crippen LogP contribution in [-0.2, 0) is 4.74 Å². The van der Waals surface area contributed by atoms with Gasteiger partial charge >= 0.3 is 5.97 Å². The second-order valence-electron chi connectivity index (χ2n) is 9.33. The van der Waals surface area contributed by atoms with E-state index in [0.29, 0.717) is 40.6 Å². The second-order valence-corrected chi connectivity index (χ2v) is 9.33. The molecular weight excluding hydrogens is 526 g/mol. The van der Waals surface area contributed by atoms with Gasteiger partial charge in [0.15, 0.2) is 11.5 Å². The Morgan fingerprint density at radius 2 is 1.85 bits per heavy atom. The third kappa shape index (κ3) is 6.70. The summed E-state index contributed by atoms with van der Waals surface area (Å²) in [5.74, 6) is -0.826. The molecule has 1 saturated carbocycles. The number of benzene rings is 2. The lowest BCUT2D eigenvalue weighted by molar-refractivity contribution is 0.0520. The van der Waals surface area contributed by atoms with E-state index in [4.69, 9.17) is 20.4 Å². The van der Waals surface area contributed by atoms with E-state index < -0.39 is 17.8 Å². The molecule has 41 heavy (non-hydrogen) atoms. The average molecular weight is 558 g/mol. The second kappa shape index (κ2) is 12.8. The first-order valence-electron chi connectivity index (χ1n) is 13.0. The number of pyridine rings is 1. The van der Waals surface area contributed by atoms with Crippen molar-refractivity contribution in [1.82, 2.24) is 10.3 Å². The Morgan fingerprint density at radius 1 is 1.12 bits per heavy atom. The standard InChI is InChI=1S/C30H31N5O6/c1-4-18-14-23(28(36)33-20-10-8-19(9-11-20)27(31)35-39)22(15-25(18)40-3)21-12-13-24(29(37)32-16-17-6-7-17)34-26(21)30(38)41-5-2/h4,8-15,17,39H,1,5-7,16H2,2-3H3,(H2,31,35)(H,32,37)(H,33,36). The Balaban J connectivity index is 1.78. The fourth-order valence-corrected chi connectivity index (χ4v) is 4.13. The molecule has 0 saturated heterocycles. The van der Waals surface area contributed by atoms with Gasteiger partial charge in [-0.2, -0.15) is 0 Å². The predicted molar refractivity (Wildman–Crippen MR) is 154 cm³/mol. The highest BCUT2D eigenvalue weighted by atomic mass is 16.5. The number of esters is 1. The molecule has 212 valence electrons. The maximum absolute atomic E-state index is 13.6. The number of nitrogens with two attached hydrogens (primary N) is 1. The minimum Gasteiger partial charge on any atom is -0.496 e. The molecule has 0 aliphatic heterocycles. The van der Waals surface area contributed by atoms with E-state index in [1.54, 1.807) is 55.5 Å². The Kier molecular flexibility index (Phi) is 8.98. The predicted octanol–water partition coefficient (Wildman–Crippen LogP) is 4.06. The molecule has 0 radical (unpaired) electrons. The van der Waals surface area contributed by atoms with Crippen LogP contribution in [0.25, 0.3) is 17.2 Å². The summed E-state index contributed by atoms with van der Waals surface area (Å²) in [6.07, 6.45) is 3.69. The number of nitrogens with one attached hydrogen (secondary N) is 2. The average Bonchev–Trinajstić information content (AvgIpc) is 3.83. The van der Waals surface area contributed by atoms with Crippen molar-refractivity contribution < 1.29 is 29.1 Å². The maximum atomic E-state index is 13.6. The zero-order valence-electron chi connectivity index (χ0n) is 22.8. The Bertz CT molecular complexity index is 1510.